The fourth-order valence-electron chi connectivity index (χ4n) is 3.41. The van der Waals surface area contributed by atoms with Gasteiger partial charge in [-0.15, -0.1) is 0 Å². The lowest BCUT2D eigenvalue weighted by Crippen LogP contribution is -2.48. The summed E-state index contributed by atoms with van der Waals surface area (Å²) in [5.74, 6) is -0.146. The maximum Gasteiger partial charge on any atom is 0.416 e. The summed E-state index contributed by atoms with van der Waals surface area (Å²) in [5, 5.41) is 2.99. The van der Waals surface area contributed by atoms with Crippen LogP contribution in [0.4, 0.5) is 33.7 Å². The van der Waals surface area contributed by atoms with Gasteiger partial charge in [0.25, 0.3) is 0 Å². The minimum atomic E-state index is -4.46. The van der Waals surface area contributed by atoms with Gasteiger partial charge < -0.3 is 5.32 Å². The number of fused-ring (bicyclic) bond motifs is 1. The molecule has 0 aromatic heterocycles. The number of rotatable bonds is 1. The third kappa shape index (κ3) is 3.74. The first-order chi connectivity index (χ1) is 14.2. The van der Waals surface area contributed by atoms with Gasteiger partial charge in [0.2, 0.25) is 5.96 Å². The second-order valence-corrected chi connectivity index (χ2v) is 7.01. The van der Waals surface area contributed by atoms with Crippen molar-refractivity contribution in [2.45, 2.75) is 13.1 Å². The summed E-state index contributed by atoms with van der Waals surface area (Å²) in [5.41, 5.74) is 1.21. The van der Waals surface area contributed by atoms with Crippen LogP contribution in [-0.4, -0.2) is 36.5 Å². The molecule has 9 heteroatoms. The van der Waals surface area contributed by atoms with Gasteiger partial charge in [0.15, 0.2) is 0 Å². The molecule has 0 aliphatic carbocycles. The predicted molar refractivity (Wildman–Crippen MR) is 107 cm³/mol. The molecule has 0 unspecified atom stereocenters. The highest BCUT2D eigenvalue weighted by atomic mass is 19.4. The number of aryl methyl sites for hydroxylation is 1. The average molecular weight is 418 g/mol. The Morgan fingerprint density at radius 2 is 1.93 bits per heavy atom. The maximum absolute atomic E-state index is 13.6. The predicted octanol–water partition coefficient (Wildman–Crippen LogP) is 4.89. The fraction of sp³-hybridized carbons (Fsp3) is 0.238. The van der Waals surface area contributed by atoms with E-state index in [0.717, 1.165) is 17.7 Å². The fourth-order valence-corrected chi connectivity index (χ4v) is 3.41. The molecule has 0 saturated heterocycles. The molecule has 5 nitrogen and oxygen atoms in total. The summed E-state index contributed by atoms with van der Waals surface area (Å²) in [6, 6.07) is 7.14. The van der Waals surface area contributed by atoms with Gasteiger partial charge >= 0.3 is 12.2 Å². The molecule has 156 valence electrons. The number of halogens is 4. The Morgan fingerprint density at radius 3 is 2.70 bits per heavy atom. The highest BCUT2D eigenvalue weighted by Gasteiger charge is 2.34. The first kappa shape index (κ1) is 19.9. The number of alkyl halides is 3. The van der Waals surface area contributed by atoms with Crippen molar-refractivity contribution in [3.05, 3.63) is 65.0 Å². The molecule has 0 radical (unpaired) electrons. The van der Waals surface area contributed by atoms with E-state index >= 15 is 0 Å². The number of aliphatic imine (C=N–C) groups is 1. The van der Waals surface area contributed by atoms with Gasteiger partial charge in [-0.1, -0.05) is 18.2 Å². The number of amides is 2. The van der Waals surface area contributed by atoms with Crippen molar-refractivity contribution in [2.24, 2.45) is 4.99 Å². The first-order valence-electron chi connectivity index (χ1n) is 9.28. The minimum absolute atomic E-state index is 0.222. The zero-order valence-electron chi connectivity index (χ0n) is 16.0. The SMILES string of the molecule is Cc1ccc(F)cc1NC1=NCCN1C(=O)N1CC=Cc2cc(C(F)(F)F)ccc21. The van der Waals surface area contributed by atoms with Crippen molar-refractivity contribution in [3.8, 4) is 0 Å². The Labute approximate surface area is 170 Å². The van der Waals surface area contributed by atoms with Crippen LogP contribution in [-0.2, 0) is 6.18 Å². The molecular weight excluding hydrogens is 400 g/mol. The number of urea groups is 1. The molecule has 2 amide bonds. The summed E-state index contributed by atoms with van der Waals surface area (Å²) < 4.78 is 52.6. The number of hydrogen-bond acceptors (Lipinski definition) is 3. The molecule has 2 heterocycles. The van der Waals surface area contributed by atoms with Crippen LogP contribution < -0.4 is 10.2 Å². The lowest BCUT2D eigenvalue weighted by molar-refractivity contribution is -0.137. The van der Waals surface area contributed by atoms with Crippen molar-refractivity contribution in [3.63, 3.8) is 0 Å². The zero-order valence-corrected chi connectivity index (χ0v) is 16.0. The molecule has 2 aromatic carbocycles. The molecular formula is C21H18F4N4O. The van der Waals surface area contributed by atoms with Crippen LogP contribution in [0.3, 0.4) is 0 Å². The minimum Gasteiger partial charge on any atom is -0.325 e. The lowest BCUT2D eigenvalue weighted by Gasteiger charge is -2.31. The van der Waals surface area contributed by atoms with E-state index in [2.05, 4.69) is 10.3 Å². The Kier molecular flexibility index (Phi) is 4.97. The maximum atomic E-state index is 13.6. The number of carbonyl (C=O) groups excluding carboxylic acids is 1. The van der Waals surface area contributed by atoms with Gasteiger partial charge in [-0.05, 0) is 48.4 Å². The number of nitrogens with one attached hydrogen (secondary N) is 1. The van der Waals surface area contributed by atoms with E-state index in [4.69, 9.17) is 0 Å². The summed E-state index contributed by atoms with van der Waals surface area (Å²) >= 11 is 0. The number of guanidine groups is 1. The molecule has 30 heavy (non-hydrogen) atoms. The van der Waals surface area contributed by atoms with Crippen LogP contribution >= 0.6 is 0 Å². The Bertz CT molecular complexity index is 1060. The molecule has 0 bridgehead atoms. The van der Waals surface area contributed by atoms with E-state index in [0.29, 0.717) is 30.0 Å². The molecule has 0 spiro atoms. The summed E-state index contributed by atoms with van der Waals surface area (Å²) in [4.78, 5) is 20.3. The molecule has 1 N–H and O–H groups in total. The van der Waals surface area contributed by atoms with E-state index in [1.807, 2.05) is 0 Å². The second kappa shape index (κ2) is 7.47. The standard InChI is InChI=1S/C21H18F4N4O/c1-13-4-6-16(22)12-17(13)27-19-26-8-10-29(19)20(30)28-9-2-3-14-11-15(21(23,24)25)5-7-18(14)28/h2-7,11-12H,8-10H2,1H3,(H,26,27). The largest absolute Gasteiger partial charge is 0.416 e. The van der Waals surface area contributed by atoms with Gasteiger partial charge in [-0.25, -0.2) is 9.18 Å². The first-order valence-corrected chi connectivity index (χ1v) is 9.28. The van der Waals surface area contributed by atoms with Crippen molar-refractivity contribution in [1.29, 1.82) is 0 Å². The number of benzene rings is 2. The highest BCUT2D eigenvalue weighted by molar-refractivity contribution is 6.10. The van der Waals surface area contributed by atoms with E-state index < -0.39 is 23.6 Å². The average Bonchev–Trinajstić information content (AvgIpc) is 3.17. The zero-order chi connectivity index (χ0) is 21.5. The summed E-state index contributed by atoms with van der Waals surface area (Å²) in [7, 11) is 0. The smallest absolute Gasteiger partial charge is 0.325 e. The van der Waals surface area contributed by atoms with Gasteiger partial charge in [0, 0.05) is 12.2 Å². The van der Waals surface area contributed by atoms with Crippen molar-refractivity contribution >= 4 is 29.4 Å². The van der Waals surface area contributed by atoms with Crippen molar-refractivity contribution < 1.29 is 22.4 Å². The molecule has 0 saturated carbocycles. The molecule has 0 atom stereocenters. The van der Waals surface area contributed by atoms with Gasteiger partial charge in [0.05, 0.1) is 24.3 Å². The van der Waals surface area contributed by atoms with Crippen molar-refractivity contribution in [2.75, 3.05) is 29.9 Å². The van der Waals surface area contributed by atoms with Crippen LogP contribution in [0.25, 0.3) is 6.08 Å². The summed E-state index contributed by atoms with van der Waals surface area (Å²) in [6.45, 7) is 2.70. The van der Waals surface area contributed by atoms with Crippen molar-refractivity contribution in [1.82, 2.24) is 4.90 Å². The quantitative estimate of drug-likeness (QED) is 0.671. The lowest BCUT2D eigenvalue weighted by atomic mass is 10.0. The Morgan fingerprint density at radius 1 is 1.13 bits per heavy atom. The van der Waals surface area contributed by atoms with Gasteiger partial charge in [-0.3, -0.25) is 14.8 Å². The third-order valence-electron chi connectivity index (χ3n) is 4.98. The van der Waals surface area contributed by atoms with E-state index in [9.17, 15) is 22.4 Å². The normalized spacial score (nSPS) is 15.8. The molecule has 0 fully saturated rings. The topological polar surface area (TPSA) is 47.9 Å². The van der Waals surface area contributed by atoms with Crippen LogP contribution in [0, 0.1) is 12.7 Å². The van der Waals surface area contributed by atoms with Crippen LogP contribution in [0.5, 0.6) is 0 Å². The number of carbonyl (C=O) groups is 1. The summed E-state index contributed by atoms with van der Waals surface area (Å²) in [6.07, 6.45) is -1.25. The highest BCUT2D eigenvalue weighted by Crippen LogP contribution is 2.35. The van der Waals surface area contributed by atoms with Gasteiger partial charge in [0.1, 0.15) is 5.82 Å². The molecule has 2 aliphatic rings. The monoisotopic (exact) mass is 418 g/mol. The van der Waals surface area contributed by atoms with Gasteiger partial charge in [-0.2, -0.15) is 13.2 Å². The Balaban J connectivity index is 1.58. The number of nitrogens with zero attached hydrogens (tertiary/aromatic N) is 3. The van der Waals surface area contributed by atoms with Crippen LogP contribution in [0.15, 0.2) is 47.5 Å². The van der Waals surface area contributed by atoms with Crippen LogP contribution in [0.1, 0.15) is 16.7 Å². The van der Waals surface area contributed by atoms with Crippen LogP contribution in [0.2, 0.25) is 0 Å². The van der Waals surface area contributed by atoms with E-state index in [-0.39, 0.29) is 12.5 Å². The molecule has 2 aliphatic heterocycles. The second-order valence-electron chi connectivity index (χ2n) is 7.01. The Hall–Kier alpha value is -3.36. The molecule has 2 aromatic rings. The third-order valence-corrected chi connectivity index (χ3v) is 4.98. The number of hydrogen-bond donors (Lipinski definition) is 1. The van der Waals surface area contributed by atoms with E-state index in [1.54, 1.807) is 25.1 Å². The molecule has 4 rings (SSSR count). The van der Waals surface area contributed by atoms with E-state index in [1.165, 1.54) is 28.0 Å². The number of anilines is 2.